The predicted octanol–water partition coefficient (Wildman–Crippen LogP) is 4.85. The van der Waals surface area contributed by atoms with Gasteiger partial charge in [-0.1, -0.05) is 36.9 Å². The molecule has 30 heavy (non-hydrogen) atoms. The molecule has 2 aromatic carbocycles. The number of rotatable bonds is 3. The molecule has 2 aliphatic rings. The lowest BCUT2D eigenvalue weighted by molar-refractivity contribution is 0.590. The molecule has 5 rings (SSSR count). The smallest absolute Gasteiger partial charge is 0.222 e. The Bertz CT molecular complexity index is 1110. The molecule has 1 aromatic heterocycles. The summed E-state index contributed by atoms with van der Waals surface area (Å²) in [4.78, 5) is 6.39. The molecular formula is C25H25FN4. The first-order valence-corrected chi connectivity index (χ1v) is 10.5. The maximum absolute atomic E-state index is 14.7. The number of nitrogen functional groups attached to an aromatic ring is 1. The molecule has 0 spiro atoms. The number of fused-ring (bicyclic) bond motifs is 1. The lowest BCUT2D eigenvalue weighted by Gasteiger charge is -2.21. The molecule has 3 N–H and O–H groups in total. The second-order valence-electron chi connectivity index (χ2n) is 8.03. The minimum atomic E-state index is -0.541. The molecular weight excluding hydrogens is 375 g/mol. The van der Waals surface area contributed by atoms with E-state index in [2.05, 4.69) is 40.0 Å². The number of nitrogens with zero attached hydrogens (tertiary/aromatic N) is 2. The molecule has 0 aliphatic carbocycles. The van der Waals surface area contributed by atoms with Crippen molar-refractivity contribution >= 4 is 17.2 Å². The molecule has 0 bridgehead atoms. The van der Waals surface area contributed by atoms with Crippen molar-refractivity contribution in [1.29, 1.82) is 0 Å². The zero-order valence-corrected chi connectivity index (χ0v) is 16.9. The van der Waals surface area contributed by atoms with Gasteiger partial charge in [-0.2, -0.15) is 4.39 Å². The van der Waals surface area contributed by atoms with E-state index in [9.17, 15) is 4.39 Å². The van der Waals surface area contributed by atoms with Crippen LogP contribution >= 0.6 is 0 Å². The average molecular weight is 401 g/mol. The first kappa shape index (κ1) is 18.7. The van der Waals surface area contributed by atoms with E-state index in [-0.39, 0.29) is 5.82 Å². The Kier molecular flexibility index (Phi) is 4.66. The van der Waals surface area contributed by atoms with Gasteiger partial charge in [-0.25, -0.2) is 4.98 Å². The van der Waals surface area contributed by atoms with E-state index in [0.717, 1.165) is 54.0 Å². The summed E-state index contributed by atoms with van der Waals surface area (Å²) in [6.45, 7) is 7.11. The highest BCUT2D eigenvalue weighted by Crippen LogP contribution is 2.34. The van der Waals surface area contributed by atoms with E-state index < -0.39 is 5.95 Å². The normalized spacial score (nSPS) is 15.8. The fraction of sp³-hybridized carbons (Fsp3) is 0.240. The molecule has 3 heterocycles. The van der Waals surface area contributed by atoms with Crippen LogP contribution in [0.5, 0.6) is 0 Å². The number of nitrogens with one attached hydrogen (secondary N) is 1. The third kappa shape index (κ3) is 3.30. The van der Waals surface area contributed by atoms with Gasteiger partial charge in [-0.15, -0.1) is 0 Å². The maximum atomic E-state index is 14.7. The van der Waals surface area contributed by atoms with Crippen molar-refractivity contribution in [3.05, 3.63) is 72.2 Å². The van der Waals surface area contributed by atoms with Crippen LogP contribution in [0.2, 0.25) is 0 Å². The van der Waals surface area contributed by atoms with Crippen LogP contribution in [0, 0.1) is 5.95 Å². The SMILES string of the molecule is C=C1NCCc2cc(-c3cc(-c4ccc(N5CCCC5)cc4)c(F)nc3N)ccc21. The molecule has 4 nitrogen and oxygen atoms in total. The number of benzene rings is 2. The van der Waals surface area contributed by atoms with Gasteiger partial charge in [-0.3, -0.25) is 0 Å². The molecule has 3 aromatic rings. The summed E-state index contributed by atoms with van der Waals surface area (Å²) in [5, 5.41) is 3.29. The van der Waals surface area contributed by atoms with Crippen LogP contribution in [0.15, 0.2) is 55.1 Å². The molecule has 5 heteroatoms. The van der Waals surface area contributed by atoms with Gasteiger partial charge in [-0.05, 0) is 54.2 Å². The Morgan fingerprint density at radius 3 is 2.43 bits per heavy atom. The average Bonchev–Trinajstić information content (AvgIpc) is 3.29. The largest absolute Gasteiger partial charge is 0.385 e. The molecule has 1 saturated heterocycles. The van der Waals surface area contributed by atoms with Gasteiger partial charge in [0.25, 0.3) is 0 Å². The summed E-state index contributed by atoms with van der Waals surface area (Å²) in [5.41, 5.74) is 13.6. The predicted molar refractivity (Wildman–Crippen MR) is 122 cm³/mol. The highest BCUT2D eigenvalue weighted by atomic mass is 19.1. The Balaban J connectivity index is 1.52. The standard InChI is InChI=1S/C25H25FN4/c1-16-21-9-6-18(14-19(21)10-11-28-16)23-15-22(24(26)29-25(23)27)17-4-7-20(8-5-17)30-12-2-3-13-30/h4-9,14-15,28H,1-3,10-13H2,(H2,27,29). The second kappa shape index (κ2) is 7.48. The van der Waals surface area contributed by atoms with Crippen LogP contribution in [0.25, 0.3) is 28.0 Å². The lowest BCUT2D eigenvalue weighted by Crippen LogP contribution is -2.21. The zero-order valence-electron chi connectivity index (χ0n) is 16.9. The fourth-order valence-electron chi connectivity index (χ4n) is 4.47. The van der Waals surface area contributed by atoms with Crippen molar-refractivity contribution in [2.75, 3.05) is 30.3 Å². The minimum absolute atomic E-state index is 0.206. The van der Waals surface area contributed by atoms with Gasteiger partial charge < -0.3 is 16.0 Å². The van der Waals surface area contributed by atoms with E-state index in [1.165, 1.54) is 24.1 Å². The molecule has 152 valence electrons. The Labute approximate surface area is 176 Å². The van der Waals surface area contributed by atoms with Crippen molar-refractivity contribution < 1.29 is 4.39 Å². The number of hydrogen-bond donors (Lipinski definition) is 2. The lowest BCUT2D eigenvalue weighted by atomic mass is 9.93. The molecule has 0 atom stereocenters. The Hall–Kier alpha value is -3.34. The first-order chi connectivity index (χ1) is 14.6. The minimum Gasteiger partial charge on any atom is -0.385 e. The fourth-order valence-corrected chi connectivity index (χ4v) is 4.47. The van der Waals surface area contributed by atoms with Crippen molar-refractivity contribution in [2.45, 2.75) is 19.3 Å². The van der Waals surface area contributed by atoms with Gasteiger partial charge in [0.2, 0.25) is 5.95 Å². The van der Waals surface area contributed by atoms with Gasteiger partial charge >= 0.3 is 0 Å². The summed E-state index contributed by atoms with van der Waals surface area (Å²) in [5.74, 6) is -0.335. The van der Waals surface area contributed by atoms with Crippen molar-refractivity contribution in [3.8, 4) is 22.3 Å². The summed E-state index contributed by atoms with van der Waals surface area (Å²) >= 11 is 0. The number of pyridine rings is 1. The number of halogens is 1. The third-order valence-electron chi connectivity index (χ3n) is 6.13. The van der Waals surface area contributed by atoms with E-state index in [1.54, 1.807) is 0 Å². The summed E-state index contributed by atoms with van der Waals surface area (Å²) < 4.78 is 14.7. The Morgan fingerprint density at radius 1 is 0.933 bits per heavy atom. The second-order valence-corrected chi connectivity index (χ2v) is 8.03. The first-order valence-electron chi connectivity index (χ1n) is 10.5. The van der Waals surface area contributed by atoms with E-state index >= 15 is 0 Å². The highest BCUT2D eigenvalue weighted by molar-refractivity contribution is 5.81. The van der Waals surface area contributed by atoms with Crippen LogP contribution in [-0.2, 0) is 6.42 Å². The summed E-state index contributed by atoms with van der Waals surface area (Å²) in [6.07, 6.45) is 3.37. The van der Waals surface area contributed by atoms with Crippen LogP contribution in [0.4, 0.5) is 15.9 Å². The molecule has 0 amide bonds. The molecule has 1 fully saturated rings. The van der Waals surface area contributed by atoms with Crippen LogP contribution in [0.3, 0.4) is 0 Å². The number of nitrogens with two attached hydrogens (primary N) is 1. The Morgan fingerprint density at radius 2 is 1.67 bits per heavy atom. The molecule has 0 unspecified atom stereocenters. The quantitative estimate of drug-likeness (QED) is 0.617. The monoisotopic (exact) mass is 400 g/mol. The number of aromatic nitrogens is 1. The number of hydrogen-bond acceptors (Lipinski definition) is 4. The maximum Gasteiger partial charge on any atom is 0.222 e. The van der Waals surface area contributed by atoms with Gasteiger partial charge in [0, 0.05) is 47.7 Å². The van der Waals surface area contributed by atoms with Crippen LogP contribution in [0.1, 0.15) is 24.0 Å². The van der Waals surface area contributed by atoms with Gasteiger partial charge in [0.1, 0.15) is 5.82 Å². The highest BCUT2D eigenvalue weighted by Gasteiger charge is 2.17. The topological polar surface area (TPSA) is 54.2 Å². The van der Waals surface area contributed by atoms with Crippen LogP contribution in [-0.4, -0.2) is 24.6 Å². The van der Waals surface area contributed by atoms with Crippen molar-refractivity contribution in [2.24, 2.45) is 0 Å². The van der Waals surface area contributed by atoms with E-state index in [1.807, 2.05) is 30.3 Å². The van der Waals surface area contributed by atoms with Crippen molar-refractivity contribution in [3.63, 3.8) is 0 Å². The van der Waals surface area contributed by atoms with Gasteiger partial charge in [0.15, 0.2) is 0 Å². The van der Waals surface area contributed by atoms with Gasteiger partial charge in [0.05, 0.1) is 0 Å². The molecule has 2 aliphatic heterocycles. The van der Waals surface area contributed by atoms with Crippen molar-refractivity contribution in [1.82, 2.24) is 10.3 Å². The third-order valence-corrected chi connectivity index (χ3v) is 6.13. The molecule has 0 saturated carbocycles. The van der Waals surface area contributed by atoms with E-state index in [0.29, 0.717) is 5.56 Å². The molecule has 0 radical (unpaired) electrons. The summed E-state index contributed by atoms with van der Waals surface area (Å²) in [6, 6.07) is 16.1. The number of anilines is 2. The van der Waals surface area contributed by atoms with E-state index in [4.69, 9.17) is 5.73 Å². The zero-order chi connectivity index (χ0) is 20.7. The van der Waals surface area contributed by atoms with Crippen LogP contribution < -0.4 is 16.0 Å². The summed E-state index contributed by atoms with van der Waals surface area (Å²) in [7, 11) is 0.